The molecule has 0 aliphatic carbocycles. The fourth-order valence-corrected chi connectivity index (χ4v) is 5.05. The second-order valence-electron chi connectivity index (χ2n) is 7.15. The Morgan fingerprint density at radius 2 is 1.72 bits per heavy atom. The molecule has 1 aliphatic heterocycles. The first-order valence-electron chi connectivity index (χ1n) is 9.87. The van der Waals surface area contributed by atoms with Crippen molar-refractivity contribution in [1.29, 1.82) is 0 Å². The molecule has 1 aliphatic rings. The molecule has 0 fully saturated rings. The maximum Gasteiger partial charge on any atom is 0.269 e. The number of nitro groups is 1. The second kappa shape index (κ2) is 9.26. The summed E-state index contributed by atoms with van der Waals surface area (Å²) >= 11 is 7.11. The van der Waals surface area contributed by atoms with Crippen molar-refractivity contribution in [3.8, 4) is 5.75 Å². The molecule has 6 nitrogen and oxygen atoms in total. The van der Waals surface area contributed by atoms with Gasteiger partial charge in [-0.15, -0.1) is 0 Å². The molecule has 0 saturated carbocycles. The zero-order valence-electron chi connectivity index (χ0n) is 17.0. The Kier molecular flexibility index (Phi) is 6.43. The fraction of sp³-hybridized carbons (Fsp3) is 0.125. The van der Waals surface area contributed by atoms with Gasteiger partial charge in [0.25, 0.3) is 11.6 Å². The molecule has 0 bridgehead atoms. The van der Waals surface area contributed by atoms with Crippen LogP contribution in [0.5, 0.6) is 5.75 Å². The first kappa shape index (κ1) is 22.2. The van der Waals surface area contributed by atoms with Gasteiger partial charge in [0.1, 0.15) is 12.4 Å². The van der Waals surface area contributed by atoms with E-state index in [9.17, 15) is 14.9 Å². The number of rotatable bonds is 6. The largest absolute Gasteiger partial charge is 0.487 e. The van der Waals surface area contributed by atoms with Gasteiger partial charge in [-0.2, -0.15) is 0 Å². The molecule has 0 atom stereocenters. The number of nitro benzene ring substituents is 1. The van der Waals surface area contributed by atoms with Crippen LogP contribution in [0.25, 0.3) is 11.6 Å². The number of carbonyl (C=O) groups is 1. The number of carbonyl (C=O) groups excluding carboxylic acids is 1. The van der Waals surface area contributed by atoms with Crippen LogP contribution in [0.3, 0.4) is 0 Å². The lowest BCUT2D eigenvalue weighted by Gasteiger charge is -2.13. The van der Waals surface area contributed by atoms with E-state index in [0.29, 0.717) is 17.9 Å². The lowest BCUT2D eigenvalue weighted by atomic mass is 10.0. The van der Waals surface area contributed by atoms with E-state index in [-0.39, 0.29) is 18.2 Å². The first-order valence-corrected chi connectivity index (χ1v) is 11.5. The number of halogens is 2. The van der Waals surface area contributed by atoms with Crippen LogP contribution in [0.4, 0.5) is 11.4 Å². The zero-order valence-corrected chi connectivity index (χ0v) is 20.2. The summed E-state index contributed by atoms with van der Waals surface area (Å²) in [6.45, 7) is 2.82. The summed E-state index contributed by atoms with van der Waals surface area (Å²) in [4.78, 5) is 25.1. The summed E-state index contributed by atoms with van der Waals surface area (Å²) in [5.74, 6) is 0.596. The van der Waals surface area contributed by atoms with Gasteiger partial charge in [-0.05, 0) is 86.3 Å². The minimum absolute atomic E-state index is 0.0144. The number of benzene rings is 3. The summed E-state index contributed by atoms with van der Waals surface area (Å²) in [5, 5.41) is 10.8. The number of anilines is 1. The van der Waals surface area contributed by atoms with Crippen LogP contribution in [-0.2, 0) is 11.4 Å². The maximum atomic E-state index is 12.9. The number of nitrogens with zero attached hydrogens (tertiary/aromatic N) is 2. The highest BCUT2D eigenvalue weighted by Crippen LogP contribution is 2.40. The van der Waals surface area contributed by atoms with E-state index < -0.39 is 4.92 Å². The summed E-state index contributed by atoms with van der Waals surface area (Å²) in [6, 6.07) is 17.8. The van der Waals surface area contributed by atoms with E-state index >= 15 is 0 Å². The molecule has 3 aromatic rings. The van der Waals surface area contributed by atoms with Gasteiger partial charge < -0.3 is 9.64 Å². The summed E-state index contributed by atoms with van der Waals surface area (Å²) < 4.78 is 7.39. The van der Waals surface area contributed by atoms with E-state index in [1.807, 2.05) is 49.4 Å². The number of hydrogen-bond acceptors (Lipinski definition) is 4. The molecule has 1 amide bonds. The second-order valence-corrected chi connectivity index (χ2v) is 8.86. The van der Waals surface area contributed by atoms with Crippen molar-refractivity contribution in [2.24, 2.45) is 0 Å². The number of fused-ring (bicyclic) bond motifs is 1. The molecular weight excluding hydrogens is 540 g/mol. The Morgan fingerprint density at radius 1 is 1.06 bits per heavy atom. The molecule has 0 unspecified atom stereocenters. The van der Waals surface area contributed by atoms with Crippen molar-refractivity contribution in [2.45, 2.75) is 13.5 Å². The van der Waals surface area contributed by atoms with Gasteiger partial charge in [-0.3, -0.25) is 14.9 Å². The highest BCUT2D eigenvalue weighted by atomic mass is 79.9. The van der Waals surface area contributed by atoms with E-state index in [0.717, 1.165) is 31.3 Å². The number of para-hydroxylation sites is 1. The first-order chi connectivity index (χ1) is 15.4. The molecule has 0 aromatic heterocycles. The van der Waals surface area contributed by atoms with E-state index in [4.69, 9.17) is 4.74 Å². The number of hydrogen-bond donors (Lipinski definition) is 0. The fourth-order valence-electron chi connectivity index (χ4n) is 3.60. The van der Waals surface area contributed by atoms with Gasteiger partial charge in [0.15, 0.2) is 0 Å². The Labute approximate surface area is 201 Å². The summed E-state index contributed by atoms with van der Waals surface area (Å²) in [5.41, 5.74) is 4.20. The van der Waals surface area contributed by atoms with Crippen molar-refractivity contribution < 1.29 is 14.5 Å². The van der Waals surface area contributed by atoms with Crippen LogP contribution in [0, 0.1) is 10.1 Å². The van der Waals surface area contributed by atoms with E-state index in [1.165, 1.54) is 12.1 Å². The molecule has 0 N–H and O–H groups in total. The third kappa shape index (κ3) is 4.33. The molecule has 32 heavy (non-hydrogen) atoms. The predicted molar refractivity (Wildman–Crippen MR) is 132 cm³/mol. The van der Waals surface area contributed by atoms with Crippen molar-refractivity contribution in [3.05, 3.63) is 96.4 Å². The van der Waals surface area contributed by atoms with Crippen molar-refractivity contribution >= 4 is 60.8 Å². The average Bonchev–Trinajstić information content (AvgIpc) is 3.04. The molecule has 8 heteroatoms. The van der Waals surface area contributed by atoms with Crippen LogP contribution in [-0.4, -0.2) is 17.4 Å². The SMILES string of the molecule is CCN1C(=O)/C(=C\c2cc(Br)c(OCc3ccc([N+](=O)[O-])cc3)c(Br)c2)c2ccccc21. The Balaban J connectivity index is 1.58. The normalized spacial score (nSPS) is 14.0. The molecule has 0 radical (unpaired) electrons. The quantitative estimate of drug-likeness (QED) is 0.194. The lowest BCUT2D eigenvalue weighted by Crippen LogP contribution is -2.25. The number of non-ortho nitro benzene ring substituents is 1. The Hall–Kier alpha value is -2.97. The third-order valence-corrected chi connectivity index (χ3v) is 6.32. The van der Waals surface area contributed by atoms with Crippen LogP contribution in [0.2, 0.25) is 0 Å². The molecule has 1 heterocycles. The van der Waals surface area contributed by atoms with Crippen molar-refractivity contribution in [3.63, 3.8) is 0 Å². The minimum atomic E-state index is -0.432. The van der Waals surface area contributed by atoms with E-state index in [2.05, 4.69) is 31.9 Å². The van der Waals surface area contributed by atoms with Gasteiger partial charge in [-0.25, -0.2) is 0 Å². The van der Waals surface area contributed by atoms with Crippen LogP contribution in [0.15, 0.2) is 69.6 Å². The van der Waals surface area contributed by atoms with Gasteiger partial charge in [-0.1, -0.05) is 18.2 Å². The summed E-state index contributed by atoms with van der Waals surface area (Å²) in [7, 11) is 0. The van der Waals surface area contributed by atoms with Crippen molar-refractivity contribution in [1.82, 2.24) is 0 Å². The smallest absolute Gasteiger partial charge is 0.269 e. The van der Waals surface area contributed by atoms with Crippen LogP contribution < -0.4 is 9.64 Å². The topological polar surface area (TPSA) is 72.7 Å². The number of amides is 1. The molecule has 162 valence electrons. The third-order valence-electron chi connectivity index (χ3n) is 5.14. The molecule has 0 saturated heterocycles. The standard InChI is InChI=1S/C24H18Br2N2O4/c1-2-27-22-6-4-3-5-18(22)19(24(27)29)11-16-12-20(25)23(21(26)13-16)32-14-15-7-9-17(10-8-15)28(30)31/h3-13H,2,14H2,1H3/b19-11-. The predicted octanol–water partition coefficient (Wildman–Crippen LogP) is 6.61. The van der Waals surface area contributed by atoms with Gasteiger partial charge >= 0.3 is 0 Å². The van der Waals surface area contributed by atoms with Crippen molar-refractivity contribution in [2.75, 3.05) is 11.4 Å². The maximum absolute atomic E-state index is 12.9. The van der Waals surface area contributed by atoms with Gasteiger partial charge in [0.2, 0.25) is 0 Å². The van der Waals surface area contributed by atoms with E-state index in [1.54, 1.807) is 17.0 Å². The minimum Gasteiger partial charge on any atom is -0.487 e. The average molecular weight is 558 g/mol. The Morgan fingerprint density at radius 3 is 2.34 bits per heavy atom. The van der Waals surface area contributed by atoms with Crippen LogP contribution >= 0.6 is 31.9 Å². The Bertz CT molecular complexity index is 1220. The molecular formula is C24H18Br2N2O4. The summed E-state index contributed by atoms with van der Waals surface area (Å²) in [6.07, 6.45) is 1.88. The molecule has 3 aromatic carbocycles. The number of likely N-dealkylation sites (N-methyl/N-ethyl adjacent to an activating group) is 1. The highest BCUT2D eigenvalue weighted by Gasteiger charge is 2.30. The van der Waals surface area contributed by atoms with Gasteiger partial charge in [0, 0.05) is 29.8 Å². The highest BCUT2D eigenvalue weighted by molar-refractivity contribution is 9.11. The lowest BCUT2D eigenvalue weighted by molar-refractivity contribution is -0.384. The van der Waals surface area contributed by atoms with Gasteiger partial charge in [0.05, 0.1) is 19.6 Å². The van der Waals surface area contributed by atoms with Crippen LogP contribution in [0.1, 0.15) is 23.6 Å². The number of ether oxygens (including phenoxy) is 1. The molecule has 0 spiro atoms. The zero-order chi connectivity index (χ0) is 22.8. The monoisotopic (exact) mass is 556 g/mol. The molecule has 4 rings (SSSR count).